The maximum atomic E-state index is 14.0. The van der Waals surface area contributed by atoms with Crippen molar-refractivity contribution in [2.45, 2.75) is 32.7 Å². The zero-order valence-electron chi connectivity index (χ0n) is 12.0. The first-order valence-corrected chi connectivity index (χ1v) is 7.00. The van der Waals surface area contributed by atoms with Gasteiger partial charge in [0.2, 0.25) is 0 Å². The van der Waals surface area contributed by atoms with E-state index in [0.717, 1.165) is 37.9 Å². The highest BCUT2D eigenvalue weighted by atomic mass is 19.1. The van der Waals surface area contributed by atoms with Gasteiger partial charge in [-0.3, -0.25) is 0 Å². The van der Waals surface area contributed by atoms with Crippen LogP contribution in [0.1, 0.15) is 31.7 Å². The van der Waals surface area contributed by atoms with Crippen molar-refractivity contribution in [1.82, 2.24) is 5.32 Å². The molecule has 2 N–H and O–H groups in total. The van der Waals surface area contributed by atoms with Gasteiger partial charge in [0.1, 0.15) is 5.82 Å². The second kappa shape index (κ2) is 8.88. The minimum Gasteiger partial charge on any atom is -0.396 e. The van der Waals surface area contributed by atoms with E-state index in [9.17, 15) is 4.39 Å². The number of nitrogens with one attached hydrogen (secondary N) is 1. The van der Waals surface area contributed by atoms with Gasteiger partial charge in [0.25, 0.3) is 0 Å². The van der Waals surface area contributed by atoms with Crippen LogP contribution in [0.5, 0.6) is 0 Å². The second-order valence-corrected chi connectivity index (χ2v) is 4.77. The van der Waals surface area contributed by atoms with Crippen LogP contribution in [0.4, 0.5) is 10.1 Å². The van der Waals surface area contributed by atoms with Crippen LogP contribution in [0.2, 0.25) is 0 Å². The molecule has 1 rings (SSSR count). The van der Waals surface area contributed by atoms with E-state index in [-0.39, 0.29) is 12.4 Å². The first-order valence-electron chi connectivity index (χ1n) is 7.00. The lowest BCUT2D eigenvalue weighted by Crippen LogP contribution is -2.20. The highest BCUT2D eigenvalue weighted by Gasteiger charge is 2.08. The number of nitrogens with zero attached hydrogens (tertiary/aromatic N) is 1. The Morgan fingerprint density at radius 2 is 2.05 bits per heavy atom. The van der Waals surface area contributed by atoms with Crippen LogP contribution < -0.4 is 10.2 Å². The minimum absolute atomic E-state index is 0.167. The van der Waals surface area contributed by atoms with Crippen LogP contribution in [0.15, 0.2) is 18.2 Å². The van der Waals surface area contributed by atoms with Crippen molar-refractivity contribution < 1.29 is 9.50 Å². The molecule has 0 aliphatic carbocycles. The molecular formula is C15H25FN2O. The number of unbranched alkanes of at least 4 members (excludes halogenated alkanes) is 2. The number of halogens is 1. The van der Waals surface area contributed by atoms with Crippen molar-refractivity contribution in [2.75, 3.05) is 31.6 Å². The number of hydrogen-bond acceptors (Lipinski definition) is 3. The molecule has 19 heavy (non-hydrogen) atoms. The number of rotatable bonds is 9. The Labute approximate surface area is 115 Å². The zero-order valence-corrected chi connectivity index (χ0v) is 12.0. The van der Waals surface area contributed by atoms with E-state index >= 15 is 0 Å². The van der Waals surface area contributed by atoms with Gasteiger partial charge in [-0.1, -0.05) is 13.0 Å². The van der Waals surface area contributed by atoms with Crippen molar-refractivity contribution in [3.8, 4) is 0 Å². The molecule has 108 valence electrons. The highest BCUT2D eigenvalue weighted by Crippen LogP contribution is 2.20. The monoisotopic (exact) mass is 268 g/mol. The summed E-state index contributed by atoms with van der Waals surface area (Å²) in [6.07, 6.45) is 2.76. The van der Waals surface area contributed by atoms with Crippen molar-refractivity contribution in [3.05, 3.63) is 29.6 Å². The molecule has 0 fully saturated rings. The molecule has 0 heterocycles. The van der Waals surface area contributed by atoms with E-state index in [0.29, 0.717) is 12.2 Å². The summed E-state index contributed by atoms with van der Waals surface area (Å²) in [5.74, 6) is -0.167. The number of benzene rings is 1. The van der Waals surface area contributed by atoms with Crippen molar-refractivity contribution >= 4 is 5.69 Å². The lowest BCUT2D eigenvalue weighted by atomic mass is 10.1. The van der Waals surface area contributed by atoms with E-state index in [4.69, 9.17) is 5.11 Å². The van der Waals surface area contributed by atoms with E-state index in [1.165, 1.54) is 0 Å². The third kappa shape index (κ3) is 5.57. The van der Waals surface area contributed by atoms with Crippen LogP contribution in [0.25, 0.3) is 0 Å². The molecule has 0 unspecified atom stereocenters. The molecule has 1 aromatic rings. The van der Waals surface area contributed by atoms with E-state index in [1.807, 2.05) is 31.0 Å². The third-order valence-corrected chi connectivity index (χ3v) is 3.15. The van der Waals surface area contributed by atoms with E-state index in [2.05, 4.69) is 5.32 Å². The van der Waals surface area contributed by atoms with Gasteiger partial charge in [0.05, 0.1) is 5.69 Å². The molecular weight excluding hydrogens is 243 g/mol. The number of hydrogen-bond donors (Lipinski definition) is 2. The Balaban J connectivity index is 2.52. The Morgan fingerprint density at radius 3 is 2.68 bits per heavy atom. The molecule has 1 aromatic carbocycles. The van der Waals surface area contributed by atoms with Crippen LogP contribution in [0.3, 0.4) is 0 Å². The minimum atomic E-state index is -0.167. The van der Waals surface area contributed by atoms with Gasteiger partial charge < -0.3 is 15.3 Å². The van der Waals surface area contributed by atoms with E-state index in [1.54, 1.807) is 6.07 Å². The lowest BCUT2D eigenvalue weighted by Gasteiger charge is -2.20. The normalized spacial score (nSPS) is 10.7. The molecule has 0 aliphatic heterocycles. The Morgan fingerprint density at radius 1 is 1.26 bits per heavy atom. The topological polar surface area (TPSA) is 35.5 Å². The van der Waals surface area contributed by atoms with Gasteiger partial charge >= 0.3 is 0 Å². The molecule has 0 amide bonds. The number of anilines is 1. The predicted octanol–water partition coefficient (Wildman–Crippen LogP) is 2.53. The van der Waals surface area contributed by atoms with Crippen LogP contribution >= 0.6 is 0 Å². The van der Waals surface area contributed by atoms with Crippen molar-refractivity contribution in [1.29, 1.82) is 0 Å². The molecule has 0 aliphatic rings. The molecule has 0 saturated heterocycles. The maximum absolute atomic E-state index is 14.0. The molecule has 0 aromatic heterocycles. The summed E-state index contributed by atoms with van der Waals surface area (Å²) in [4.78, 5) is 1.93. The Bertz CT molecular complexity index is 371. The Kier molecular flexibility index (Phi) is 7.45. The molecule has 3 nitrogen and oxygen atoms in total. The van der Waals surface area contributed by atoms with Gasteiger partial charge in [0.15, 0.2) is 0 Å². The average Bonchev–Trinajstić information content (AvgIpc) is 2.41. The lowest BCUT2D eigenvalue weighted by molar-refractivity contribution is 0.283. The smallest absolute Gasteiger partial charge is 0.146 e. The SMILES string of the molecule is CCNCc1ccc(N(C)CCCCCO)c(F)c1. The maximum Gasteiger partial charge on any atom is 0.146 e. The van der Waals surface area contributed by atoms with Crippen molar-refractivity contribution in [3.63, 3.8) is 0 Å². The van der Waals surface area contributed by atoms with Crippen LogP contribution in [0, 0.1) is 5.82 Å². The summed E-state index contributed by atoms with van der Waals surface area (Å²) < 4.78 is 14.0. The van der Waals surface area contributed by atoms with Gasteiger partial charge in [-0.2, -0.15) is 0 Å². The quantitative estimate of drug-likeness (QED) is 0.676. The summed E-state index contributed by atoms with van der Waals surface area (Å²) in [5, 5.41) is 11.9. The molecule has 0 bridgehead atoms. The molecule has 0 radical (unpaired) electrons. The average molecular weight is 268 g/mol. The Hall–Kier alpha value is -1.13. The van der Waals surface area contributed by atoms with Gasteiger partial charge in [-0.15, -0.1) is 0 Å². The third-order valence-electron chi connectivity index (χ3n) is 3.15. The standard InChI is InChI=1S/C15H25FN2O/c1-3-17-12-13-7-8-15(14(16)11-13)18(2)9-5-4-6-10-19/h7-8,11,17,19H,3-6,9-10,12H2,1-2H3. The number of aliphatic hydroxyl groups is 1. The molecule has 0 saturated carbocycles. The summed E-state index contributed by atoms with van der Waals surface area (Å²) in [6.45, 7) is 4.66. The van der Waals surface area contributed by atoms with Crippen LogP contribution in [-0.2, 0) is 6.54 Å². The zero-order chi connectivity index (χ0) is 14.1. The summed E-state index contributed by atoms with van der Waals surface area (Å²) in [6, 6.07) is 5.40. The van der Waals surface area contributed by atoms with Gasteiger partial charge in [-0.05, 0) is 43.5 Å². The fraction of sp³-hybridized carbons (Fsp3) is 0.600. The summed E-state index contributed by atoms with van der Waals surface area (Å²) >= 11 is 0. The fourth-order valence-electron chi connectivity index (χ4n) is 2.00. The fourth-order valence-corrected chi connectivity index (χ4v) is 2.00. The number of aliphatic hydroxyl groups excluding tert-OH is 1. The first-order chi connectivity index (χ1) is 9.19. The van der Waals surface area contributed by atoms with E-state index < -0.39 is 0 Å². The molecule has 0 spiro atoms. The largest absolute Gasteiger partial charge is 0.396 e. The molecule has 0 atom stereocenters. The predicted molar refractivity (Wildman–Crippen MR) is 78.0 cm³/mol. The van der Waals surface area contributed by atoms with Crippen molar-refractivity contribution in [2.24, 2.45) is 0 Å². The molecule has 4 heteroatoms. The highest BCUT2D eigenvalue weighted by molar-refractivity contribution is 5.48. The van der Waals surface area contributed by atoms with Gasteiger partial charge in [-0.25, -0.2) is 4.39 Å². The van der Waals surface area contributed by atoms with Gasteiger partial charge in [0, 0.05) is 26.7 Å². The first kappa shape index (κ1) is 15.9. The summed E-state index contributed by atoms with van der Waals surface area (Å²) in [5.41, 5.74) is 1.61. The van der Waals surface area contributed by atoms with Crippen LogP contribution in [-0.4, -0.2) is 31.9 Å². The summed E-state index contributed by atoms with van der Waals surface area (Å²) in [7, 11) is 1.90. The second-order valence-electron chi connectivity index (χ2n) is 4.77.